The Balaban J connectivity index is 0.00000243. The molecule has 0 bridgehead atoms. The van der Waals surface area contributed by atoms with Crippen molar-refractivity contribution in [3.63, 3.8) is 0 Å². The third-order valence-electron chi connectivity index (χ3n) is 4.70. The maximum Gasteiger partial charge on any atom is 0.131 e. The third kappa shape index (κ3) is 5.63. The summed E-state index contributed by atoms with van der Waals surface area (Å²) in [6.45, 7) is 2.48. The van der Waals surface area contributed by atoms with Crippen molar-refractivity contribution in [3.05, 3.63) is 82.9 Å². The monoisotopic (exact) mass is 379 g/mol. The summed E-state index contributed by atoms with van der Waals surface area (Å²) in [5.74, 6) is -1.31. The summed E-state index contributed by atoms with van der Waals surface area (Å²) in [6, 6.07) is 13.7. The van der Waals surface area contributed by atoms with Gasteiger partial charge in [0.05, 0.1) is 6.10 Å². The summed E-state index contributed by atoms with van der Waals surface area (Å²) >= 11 is 0. The van der Waals surface area contributed by atoms with Crippen LogP contribution >= 0.6 is 12.4 Å². The number of aliphatic hydroxyl groups is 1. The van der Waals surface area contributed by atoms with Crippen molar-refractivity contribution in [1.29, 1.82) is 0 Å². The minimum absolute atomic E-state index is 0. The van der Waals surface area contributed by atoms with Gasteiger partial charge in [0.15, 0.2) is 0 Å². The molecule has 3 rings (SSSR count). The molecule has 0 aliphatic carbocycles. The molecule has 0 saturated heterocycles. The molecule has 1 unspecified atom stereocenters. The zero-order chi connectivity index (χ0) is 17.6. The SMILES string of the molecule is Cl.OC(CCN1CC=C(Cc2ccccc2)CC1)c1ccc(F)cc1F. The van der Waals surface area contributed by atoms with Crippen LogP contribution in [0, 0.1) is 11.6 Å². The van der Waals surface area contributed by atoms with E-state index in [1.807, 2.05) is 6.07 Å². The molecule has 1 aliphatic rings. The molecule has 0 aromatic heterocycles. The van der Waals surface area contributed by atoms with Crippen molar-refractivity contribution in [2.45, 2.75) is 25.4 Å². The largest absolute Gasteiger partial charge is 0.388 e. The Hall–Kier alpha value is -1.75. The molecule has 1 atom stereocenters. The van der Waals surface area contributed by atoms with E-state index in [4.69, 9.17) is 0 Å². The van der Waals surface area contributed by atoms with E-state index in [1.165, 1.54) is 23.3 Å². The first-order valence-electron chi connectivity index (χ1n) is 8.69. The molecule has 0 amide bonds. The molecule has 26 heavy (non-hydrogen) atoms. The van der Waals surface area contributed by atoms with Crippen LogP contribution in [-0.4, -0.2) is 29.6 Å². The Labute approximate surface area is 159 Å². The Morgan fingerprint density at radius 3 is 2.50 bits per heavy atom. The molecule has 0 spiro atoms. The van der Waals surface area contributed by atoms with Crippen LogP contribution < -0.4 is 0 Å². The number of aliphatic hydroxyl groups excluding tert-OH is 1. The van der Waals surface area contributed by atoms with Gasteiger partial charge in [0.25, 0.3) is 0 Å². The van der Waals surface area contributed by atoms with Crippen molar-refractivity contribution in [2.75, 3.05) is 19.6 Å². The Bertz CT molecular complexity index is 736. The Morgan fingerprint density at radius 1 is 1.08 bits per heavy atom. The van der Waals surface area contributed by atoms with Crippen molar-refractivity contribution >= 4 is 12.4 Å². The summed E-state index contributed by atoms with van der Waals surface area (Å²) in [7, 11) is 0. The van der Waals surface area contributed by atoms with Crippen LogP contribution in [0.15, 0.2) is 60.2 Å². The van der Waals surface area contributed by atoms with Gasteiger partial charge in [-0.2, -0.15) is 0 Å². The van der Waals surface area contributed by atoms with Gasteiger partial charge in [-0.3, -0.25) is 4.90 Å². The number of hydrogen-bond donors (Lipinski definition) is 1. The van der Waals surface area contributed by atoms with E-state index in [-0.39, 0.29) is 18.0 Å². The fraction of sp³-hybridized carbons (Fsp3) is 0.333. The van der Waals surface area contributed by atoms with E-state index in [0.717, 1.165) is 32.0 Å². The first-order chi connectivity index (χ1) is 12.1. The molecule has 0 radical (unpaired) electrons. The molecule has 140 valence electrons. The summed E-state index contributed by atoms with van der Waals surface area (Å²) in [6.07, 6.45) is 3.77. The second-order valence-electron chi connectivity index (χ2n) is 6.55. The lowest BCUT2D eigenvalue weighted by molar-refractivity contribution is 0.140. The zero-order valence-electron chi connectivity index (χ0n) is 14.6. The quantitative estimate of drug-likeness (QED) is 0.736. The fourth-order valence-electron chi connectivity index (χ4n) is 3.21. The highest BCUT2D eigenvalue weighted by Crippen LogP contribution is 2.22. The average molecular weight is 380 g/mol. The minimum atomic E-state index is -0.907. The zero-order valence-corrected chi connectivity index (χ0v) is 15.4. The van der Waals surface area contributed by atoms with Gasteiger partial charge in [0.1, 0.15) is 11.6 Å². The number of benzene rings is 2. The predicted octanol–water partition coefficient (Wildman–Crippen LogP) is 4.68. The lowest BCUT2D eigenvalue weighted by Crippen LogP contribution is -2.31. The minimum Gasteiger partial charge on any atom is -0.388 e. The normalized spacial score (nSPS) is 15.9. The molecule has 0 saturated carbocycles. The fourth-order valence-corrected chi connectivity index (χ4v) is 3.21. The topological polar surface area (TPSA) is 23.5 Å². The first kappa shape index (κ1) is 20.6. The average Bonchev–Trinajstić information content (AvgIpc) is 2.62. The number of nitrogens with zero attached hydrogens (tertiary/aromatic N) is 1. The third-order valence-corrected chi connectivity index (χ3v) is 4.70. The number of halogens is 3. The van der Waals surface area contributed by atoms with Crippen LogP contribution in [0.25, 0.3) is 0 Å². The van der Waals surface area contributed by atoms with E-state index in [0.29, 0.717) is 13.0 Å². The van der Waals surface area contributed by atoms with E-state index in [2.05, 4.69) is 35.2 Å². The van der Waals surface area contributed by atoms with E-state index < -0.39 is 17.7 Å². The van der Waals surface area contributed by atoms with Crippen molar-refractivity contribution in [1.82, 2.24) is 4.90 Å². The molecule has 2 aromatic rings. The van der Waals surface area contributed by atoms with E-state index in [1.54, 1.807) is 0 Å². The summed E-state index contributed by atoms with van der Waals surface area (Å²) in [5.41, 5.74) is 2.93. The summed E-state index contributed by atoms with van der Waals surface area (Å²) < 4.78 is 26.6. The maximum atomic E-state index is 13.7. The molecule has 0 fully saturated rings. The molecule has 2 aromatic carbocycles. The second kappa shape index (κ2) is 9.81. The first-order valence-corrected chi connectivity index (χ1v) is 8.69. The van der Waals surface area contributed by atoms with Gasteiger partial charge in [-0.1, -0.05) is 48.0 Å². The molecule has 1 heterocycles. The molecule has 1 aliphatic heterocycles. The molecule has 2 nitrogen and oxygen atoms in total. The van der Waals surface area contributed by atoms with Gasteiger partial charge in [0, 0.05) is 31.3 Å². The highest BCUT2D eigenvalue weighted by molar-refractivity contribution is 5.85. The van der Waals surface area contributed by atoms with Gasteiger partial charge < -0.3 is 5.11 Å². The summed E-state index contributed by atoms with van der Waals surface area (Å²) in [4.78, 5) is 2.25. The molecular formula is C21H24ClF2NO. The molecule has 1 N–H and O–H groups in total. The lowest BCUT2D eigenvalue weighted by atomic mass is 9.99. The van der Waals surface area contributed by atoms with Gasteiger partial charge in [-0.15, -0.1) is 12.4 Å². The predicted molar refractivity (Wildman–Crippen MR) is 102 cm³/mol. The van der Waals surface area contributed by atoms with Crippen LogP contribution in [0.2, 0.25) is 0 Å². The van der Waals surface area contributed by atoms with E-state index in [9.17, 15) is 13.9 Å². The van der Waals surface area contributed by atoms with Gasteiger partial charge in [0.2, 0.25) is 0 Å². The standard InChI is InChI=1S/C21H23F2NO.ClH/c22-18-6-7-19(20(23)15-18)21(25)10-13-24-11-8-17(9-12-24)14-16-4-2-1-3-5-16;/h1-8,15,21,25H,9-14H2;1H. The molecular weight excluding hydrogens is 356 g/mol. The molecule has 5 heteroatoms. The van der Waals surface area contributed by atoms with Crippen molar-refractivity contribution in [3.8, 4) is 0 Å². The number of hydrogen-bond acceptors (Lipinski definition) is 2. The van der Waals surface area contributed by atoms with Crippen molar-refractivity contribution in [2.24, 2.45) is 0 Å². The van der Waals surface area contributed by atoms with Crippen LogP contribution in [0.5, 0.6) is 0 Å². The number of rotatable bonds is 6. The Kier molecular flexibility index (Phi) is 7.76. The van der Waals surface area contributed by atoms with Crippen LogP contribution in [0.1, 0.15) is 30.1 Å². The van der Waals surface area contributed by atoms with Gasteiger partial charge in [-0.05, 0) is 30.9 Å². The second-order valence-corrected chi connectivity index (χ2v) is 6.55. The lowest BCUT2D eigenvalue weighted by Gasteiger charge is -2.27. The van der Waals surface area contributed by atoms with Crippen LogP contribution in [-0.2, 0) is 6.42 Å². The highest BCUT2D eigenvalue weighted by Gasteiger charge is 2.17. The maximum absolute atomic E-state index is 13.7. The van der Waals surface area contributed by atoms with Crippen LogP contribution in [0.3, 0.4) is 0 Å². The van der Waals surface area contributed by atoms with Crippen LogP contribution in [0.4, 0.5) is 8.78 Å². The van der Waals surface area contributed by atoms with Crippen molar-refractivity contribution < 1.29 is 13.9 Å². The smallest absolute Gasteiger partial charge is 0.131 e. The summed E-state index contributed by atoms with van der Waals surface area (Å²) in [5, 5.41) is 10.2. The van der Waals surface area contributed by atoms with E-state index >= 15 is 0 Å². The highest BCUT2D eigenvalue weighted by atomic mass is 35.5. The van der Waals surface area contributed by atoms with Gasteiger partial charge in [-0.25, -0.2) is 8.78 Å². The Morgan fingerprint density at radius 2 is 1.85 bits per heavy atom. The van der Waals surface area contributed by atoms with Gasteiger partial charge >= 0.3 is 0 Å².